The molecule has 0 saturated carbocycles. The number of rotatable bonds is 6. The summed E-state index contributed by atoms with van der Waals surface area (Å²) in [7, 11) is 0. The predicted octanol–water partition coefficient (Wildman–Crippen LogP) is 3.29. The fourth-order valence-electron chi connectivity index (χ4n) is 4.27. The first-order valence-electron chi connectivity index (χ1n) is 11.3. The number of carbonyl (C=O) groups excluding carboxylic acids is 3. The van der Waals surface area contributed by atoms with Crippen LogP contribution in [0.2, 0.25) is 5.02 Å². The largest absolute Gasteiger partial charge is 0.335 e. The van der Waals surface area contributed by atoms with E-state index in [1.165, 1.54) is 0 Å². The molecule has 2 aliphatic rings. The molecule has 0 spiro atoms. The minimum atomic E-state index is -0.473. The SMILES string of the molecule is O=C(Cc1ccc(N2CCCC2=O)cc1)NC1NCc2c(NC(=O)Nc3ccccc3Cl)n[nH]c21. The van der Waals surface area contributed by atoms with Crippen LogP contribution in [0.1, 0.15) is 35.8 Å². The number of benzene rings is 2. The van der Waals surface area contributed by atoms with Crippen LogP contribution in [0.5, 0.6) is 0 Å². The summed E-state index contributed by atoms with van der Waals surface area (Å²) in [6, 6.07) is 13.9. The highest BCUT2D eigenvalue weighted by Gasteiger charge is 2.29. The smallest absolute Gasteiger partial charge is 0.324 e. The summed E-state index contributed by atoms with van der Waals surface area (Å²) in [6.45, 7) is 1.16. The van der Waals surface area contributed by atoms with Gasteiger partial charge in [0.05, 0.1) is 22.8 Å². The summed E-state index contributed by atoms with van der Waals surface area (Å²) < 4.78 is 0. The summed E-state index contributed by atoms with van der Waals surface area (Å²) in [5.41, 5.74) is 3.65. The van der Waals surface area contributed by atoms with Crippen molar-refractivity contribution in [3.05, 3.63) is 70.4 Å². The van der Waals surface area contributed by atoms with Crippen LogP contribution in [-0.2, 0) is 22.6 Å². The van der Waals surface area contributed by atoms with E-state index in [1.807, 2.05) is 24.3 Å². The normalized spacial score (nSPS) is 16.8. The fourth-order valence-corrected chi connectivity index (χ4v) is 4.45. The van der Waals surface area contributed by atoms with Crippen LogP contribution in [0.15, 0.2) is 48.5 Å². The average Bonchev–Trinajstić information content (AvgIpc) is 3.55. The molecule has 11 heteroatoms. The molecule has 3 aromatic rings. The standard InChI is InChI=1S/C24H24ClN7O3/c25-17-4-1-2-5-18(17)27-24(35)29-22-16-13-26-23(21(16)30-31-22)28-19(33)12-14-7-9-15(10-8-14)32-11-3-6-20(32)34/h1-2,4-5,7-10,23,26H,3,6,11-13H2,(H,28,33)(H3,27,29,30,31,35). The van der Waals surface area contributed by atoms with E-state index in [4.69, 9.17) is 11.6 Å². The van der Waals surface area contributed by atoms with E-state index in [1.54, 1.807) is 29.2 Å². The number of aromatic nitrogens is 2. The Balaban J connectivity index is 1.17. The van der Waals surface area contributed by atoms with Gasteiger partial charge in [0, 0.05) is 30.8 Å². The molecule has 1 saturated heterocycles. The number of para-hydroxylation sites is 1. The van der Waals surface area contributed by atoms with E-state index < -0.39 is 12.2 Å². The zero-order valence-corrected chi connectivity index (χ0v) is 19.5. The van der Waals surface area contributed by atoms with Gasteiger partial charge in [0.15, 0.2) is 5.82 Å². The molecule has 2 aromatic carbocycles. The number of hydrogen-bond acceptors (Lipinski definition) is 5. The maximum atomic E-state index is 12.6. The number of amides is 4. The van der Waals surface area contributed by atoms with Crippen LogP contribution in [0.25, 0.3) is 0 Å². The predicted molar refractivity (Wildman–Crippen MR) is 132 cm³/mol. The van der Waals surface area contributed by atoms with Gasteiger partial charge in [-0.05, 0) is 36.2 Å². The third kappa shape index (κ3) is 4.98. The van der Waals surface area contributed by atoms with Crippen LogP contribution >= 0.6 is 11.6 Å². The Bertz CT molecular complexity index is 1270. The monoisotopic (exact) mass is 493 g/mol. The highest BCUT2D eigenvalue weighted by Crippen LogP contribution is 2.28. The molecular weight excluding hydrogens is 470 g/mol. The van der Waals surface area contributed by atoms with Crippen LogP contribution < -0.4 is 26.2 Å². The topological polar surface area (TPSA) is 131 Å². The van der Waals surface area contributed by atoms with E-state index in [0.29, 0.717) is 35.2 Å². The number of fused-ring (bicyclic) bond motifs is 1. The Morgan fingerprint density at radius 3 is 2.66 bits per heavy atom. The van der Waals surface area contributed by atoms with Gasteiger partial charge in [0.25, 0.3) is 0 Å². The number of H-pyrrole nitrogens is 1. The number of aromatic amines is 1. The molecule has 1 atom stereocenters. The number of carbonyl (C=O) groups is 3. The second-order valence-electron chi connectivity index (χ2n) is 8.40. The van der Waals surface area contributed by atoms with Crippen molar-refractivity contribution in [1.29, 1.82) is 0 Å². The van der Waals surface area contributed by atoms with Crippen molar-refractivity contribution in [2.45, 2.75) is 32.0 Å². The van der Waals surface area contributed by atoms with Gasteiger partial charge in [-0.15, -0.1) is 0 Å². The summed E-state index contributed by atoms with van der Waals surface area (Å²) >= 11 is 6.08. The lowest BCUT2D eigenvalue weighted by molar-refractivity contribution is -0.121. The van der Waals surface area contributed by atoms with Crippen molar-refractivity contribution in [2.75, 3.05) is 22.1 Å². The summed E-state index contributed by atoms with van der Waals surface area (Å²) in [5.74, 6) is 0.343. The highest BCUT2D eigenvalue weighted by molar-refractivity contribution is 6.33. The van der Waals surface area contributed by atoms with Crippen molar-refractivity contribution in [2.24, 2.45) is 0 Å². The Kier molecular flexibility index (Phi) is 6.39. The lowest BCUT2D eigenvalue weighted by atomic mass is 10.1. The number of nitrogens with zero attached hydrogens (tertiary/aromatic N) is 2. The first kappa shape index (κ1) is 22.9. The number of nitrogens with one attached hydrogen (secondary N) is 5. The van der Waals surface area contributed by atoms with Crippen LogP contribution in [0.4, 0.5) is 22.0 Å². The molecule has 0 bridgehead atoms. The second-order valence-corrected chi connectivity index (χ2v) is 8.80. The second kappa shape index (κ2) is 9.77. The maximum absolute atomic E-state index is 12.6. The molecular formula is C24H24ClN7O3. The minimum Gasteiger partial charge on any atom is -0.335 e. The molecule has 35 heavy (non-hydrogen) atoms. The summed E-state index contributed by atoms with van der Waals surface area (Å²) in [5, 5.41) is 19.1. The number of hydrogen-bond donors (Lipinski definition) is 5. The van der Waals surface area contributed by atoms with E-state index in [-0.39, 0.29) is 18.2 Å². The molecule has 3 heterocycles. The van der Waals surface area contributed by atoms with Gasteiger partial charge in [-0.2, -0.15) is 5.10 Å². The first-order chi connectivity index (χ1) is 17.0. The Hall–Kier alpha value is -3.89. The van der Waals surface area contributed by atoms with Crippen LogP contribution in [-0.4, -0.2) is 34.6 Å². The molecule has 0 radical (unpaired) electrons. The summed E-state index contributed by atoms with van der Waals surface area (Å²) in [4.78, 5) is 38.7. The Morgan fingerprint density at radius 1 is 1.11 bits per heavy atom. The molecule has 0 aliphatic carbocycles. The van der Waals surface area contributed by atoms with E-state index in [0.717, 1.165) is 29.8 Å². The maximum Gasteiger partial charge on any atom is 0.324 e. The highest BCUT2D eigenvalue weighted by atomic mass is 35.5. The number of halogens is 1. The molecule has 10 nitrogen and oxygen atoms in total. The molecule has 5 N–H and O–H groups in total. The number of anilines is 3. The van der Waals surface area contributed by atoms with Crippen molar-refractivity contribution in [1.82, 2.24) is 20.8 Å². The quantitative estimate of drug-likeness (QED) is 0.359. The molecule has 1 aromatic heterocycles. The molecule has 4 amide bonds. The van der Waals surface area contributed by atoms with Gasteiger partial charge in [0.1, 0.15) is 6.17 Å². The van der Waals surface area contributed by atoms with Gasteiger partial charge in [-0.1, -0.05) is 35.9 Å². The van der Waals surface area contributed by atoms with Gasteiger partial charge in [-0.25, -0.2) is 4.79 Å². The molecule has 180 valence electrons. The van der Waals surface area contributed by atoms with Gasteiger partial charge in [0.2, 0.25) is 11.8 Å². The van der Waals surface area contributed by atoms with Crippen molar-refractivity contribution in [3.63, 3.8) is 0 Å². The lowest BCUT2D eigenvalue weighted by Gasteiger charge is -2.16. The van der Waals surface area contributed by atoms with E-state index in [9.17, 15) is 14.4 Å². The molecule has 2 aliphatic heterocycles. The number of urea groups is 1. The first-order valence-corrected chi connectivity index (χ1v) is 11.7. The van der Waals surface area contributed by atoms with Crippen molar-refractivity contribution < 1.29 is 14.4 Å². The lowest BCUT2D eigenvalue weighted by Crippen LogP contribution is -2.35. The molecule has 1 unspecified atom stereocenters. The molecule has 1 fully saturated rings. The summed E-state index contributed by atoms with van der Waals surface area (Å²) in [6.07, 6.45) is 1.20. The van der Waals surface area contributed by atoms with Crippen molar-refractivity contribution >= 4 is 46.6 Å². The third-order valence-electron chi connectivity index (χ3n) is 6.02. The molecule has 5 rings (SSSR count). The van der Waals surface area contributed by atoms with E-state index >= 15 is 0 Å². The van der Waals surface area contributed by atoms with Gasteiger partial charge < -0.3 is 15.5 Å². The van der Waals surface area contributed by atoms with E-state index in [2.05, 4.69) is 31.5 Å². The fraction of sp³-hybridized carbons (Fsp3) is 0.250. The minimum absolute atomic E-state index is 0.133. The van der Waals surface area contributed by atoms with Crippen LogP contribution in [0, 0.1) is 0 Å². The third-order valence-corrected chi connectivity index (χ3v) is 6.35. The van der Waals surface area contributed by atoms with Crippen molar-refractivity contribution in [3.8, 4) is 0 Å². The Morgan fingerprint density at radius 2 is 1.91 bits per heavy atom. The van der Waals surface area contributed by atoms with Gasteiger partial charge in [-0.3, -0.25) is 25.3 Å². The zero-order valence-electron chi connectivity index (χ0n) is 18.7. The van der Waals surface area contributed by atoms with Crippen LogP contribution in [0.3, 0.4) is 0 Å². The Labute approximate surface area is 206 Å². The van der Waals surface area contributed by atoms with Gasteiger partial charge >= 0.3 is 6.03 Å². The average molecular weight is 494 g/mol. The zero-order chi connectivity index (χ0) is 24.4.